The fourth-order valence-electron chi connectivity index (χ4n) is 2.21. The first kappa shape index (κ1) is 13.9. The van der Waals surface area contributed by atoms with Gasteiger partial charge >= 0.3 is 0 Å². The van der Waals surface area contributed by atoms with Gasteiger partial charge in [-0.3, -0.25) is 0 Å². The third-order valence-electron chi connectivity index (χ3n) is 3.57. The van der Waals surface area contributed by atoms with E-state index in [2.05, 4.69) is 12.2 Å². The second-order valence-electron chi connectivity index (χ2n) is 5.08. The van der Waals surface area contributed by atoms with Crippen LogP contribution in [0, 0.1) is 11.3 Å². The van der Waals surface area contributed by atoms with Crippen LogP contribution in [0.5, 0.6) is 5.75 Å². The second-order valence-corrected chi connectivity index (χ2v) is 5.08. The van der Waals surface area contributed by atoms with Gasteiger partial charge in [0.2, 0.25) is 0 Å². The van der Waals surface area contributed by atoms with Gasteiger partial charge in [-0.05, 0) is 25.8 Å². The molecule has 0 aliphatic carbocycles. The molecule has 0 amide bonds. The fourth-order valence-corrected chi connectivity index (χ4v) is 2.21. The Bertz CT molecular complexity index is 448. The van der Waals surface area contributed by atoms with Crippen molar-refractivity contribution >= 4 is 0 Å². The Morgan fingerprint density at radius 1 is 1.37 bits per heavy atom. The molecule has 19 heavy (non-hydrogen) atoms. The number of benzene rings is 1. The van der Waals surface area contributed by atoms with Gasteiger partial charge in [0.15, 0.2) is 6.61 Å². The summed E-state index contributed by atoms with van der Waals surface area (Å²) >= 11 is 0. The lowest BCUT2D eigenvalue weighted by atomic mass is 9.92. The van der Waals surface area contributed by atoms with Crippen molar-refractivity contribution in [2.24, 2.45) is 0 Å². The van der Waals surface area contributed by atoms with Gasteiger partial charge in [0.25, 0.3) is 0 Å². The minimum atomic E-state index is 0.0854. The predicted octanol–water partition coefficient (Wildman–Crippen LogP) is 2.25. The fraction of sp³-hybridized carbons (Fsp3) is 0.533. The number of hydrogen-bond acceptors (Lipinski definition) is 4. The van der Waals surface area contributed by atoms with E-state index in [1.54, 1.807) is 0 Å². The lowest BCUT2D eigenvalue weighted by Crippen LogP contribution is -2.46. The third kappa shape index (κ3) is 3.95. The summed E-state index contributed by atoms with van der Waals surface area (Å²) in [5, 5.41) is 12.2. The van der Waals surface area contributed by atoms with Crippen LogP contribution < -0.4 is 10.1 Å². The van der Waals surface area contributed by atoms with E-state index in [4.69, 9.17) is 14.7 Å². The van der Waals surface area contributed by atoms with Crippen LogP contribution in [-0.2, 0) is 11.3 Å². The molecule has 1 N–H and O–H groups in total. The van der Waals surface area contributed by atoms with E-state index in [9.17, 15) is 0 Å². The molecular weight excluding hydrogens is 240 g/mol. The average molecular weight is 260 g/mol. The Kier molecular flexibility index (Phi) is 4.78. The number of nitriles is 1. The van der Waals surface area contributed by atoms with Crippen molar-refractivity contribution in [1.29, 1.82) is 5.26 Å². The highest BCUT2D eigenvalue weighted by atomic mass is 16.5. The lowest BCUT2D eigenvalue weighted by molar-refractivity contribution is 0.0445. The molecule has 1 aliphatic heterocycles. The monoisotopic (exact) mass is 260 g/mol. The summed E-state index contributed by atoms with van der Waals surface area (Å²) in [4.78, 5) is 0. The molecule has 102 valence electrons. The number of ether oxygens (including phenoxy) is 2. The predicted molar refractivity (Wildman–Crippen MR) is 72.8 cm³/mol. The minimum absolute atomic E-state index is 0.0854. The quantitative estimate of drug-likeness (QED) is 0.882. The van der Waals surface area contributed by atoms with Crippen LogP contribution in [0.15, 0.2) is 24.3 Å². The molecule has 1 aliphatic rings. The smallest absolute Gasteiger partial charge is 0.174 e. The zero-order valence-corrected chi connectivity index (χ0v) is 11.3. The first-order valence-electron chi connectivity index (χ1n) is 6.64. The van der Waals surface area contributed by atoms with Gasteiger partial charge < -0.3 is 14.8 Å². The molecule has 0 spiro atoms. The molecular formula is C15H20N2O2. The molecule has 0 radical (unpaired) electrons. The SMILES string of the molecule is CC1(NCc2ccccc2OCC#N)CCOCC1. The summed E-state index contributed by atoms with van der Waals surface area (Å²) in [6, 6.07) is 9.84. The molecule has 2 rings (SSSR count). The van der Waals surface area contributed by atoms with Crippen LogP contribution in [0.2, 0.25) is 0 Å². The van der Waals surface area contributed by atoms with E-state index < -0.39 is 0 Å². The Morgan fingerprint density at radius 3 is 2.84 bits per heavy atom. The maximum Gasteiger partial charge on any atom is 0.174 e. The van der Waals surface area contributed by atoms with Crippen molar-refractivity contribution in [3.05, 3.63) is 29.8 Å². The molecule has 1 saturated heterocycles. The lowest BCUT2D eigenvalue weighted by Gasteiger charge is -2.34. The van der Waals surface area contributed by atoms with Gasteiger partial charge in [-0.1, -0.05) is 18.2 Å². The molecule has 1 fully saturated rings. The zero-order chi connectivity index (χ0) is 13.6. The number of rotatable bonds is 5. The van der Waals surface area contributed by atoms with E-state index in [-0.39, 0.29) is 12.1 Å². The minimum Gasteiger partial charge on any atom is -0.478 e. The van der Waals surface area contributed by atoms with E-state index >= 15 is 0 Å². The van der Waals surface area contributed by atoms with Crippen molar-refractivity contribution in [3.8, 4) is 11.8 Å². The molecule has 4 heteroatoms. The Balaban J connectivity index is 1.96. The summed E-state index contributed by atoms with van der Waals surface area (Å²) < 4.78 is 10.8. The molecule has 0 bridgehead atoms. The Labute approximate surface area is 114 Å². The van der Waals surface area contributed by atoms with Gasteiger partial charge in [0, 0.05) is 30.9 Å². The van der Waals surface area contributed by atoms with Crippen LogP contribution >= 0.6 is 0 Å². The molecule has 1 aromatic rings. The summed E-state index contributed by atoms with van der Waals surface area (Å²) in [6.45, 7) is 4.70. The van der Waals surface area contributed by atoms with E-state index in [1.165, 1.54) is 0 Å². The van der Waals surface area contributed by atoms with E-state index in [0.29, 0.717) is 0 Å². The van der Waals surface area contributed by atoms with Crippen LogP contribution in [0.25, 0.3) is 0 Å². The summed E-state index contributed by atoms with van der Waals surface area (Å²) in [7, 11) is 0. The molecule has 0 atom stereocenters. The molecule has 4 nitrogen and oxygen atoms in total. The van der Waals surface area contributed by atoms with Gasteiger partial charge in [0.05, 0.1) is 0 Å². The standard InChI is InChI=1S/C15H20N2O2/c1-15(6-9-18-10-7-15)17-12-13-4-2-3-5-14(13)19-11-8-16/h2-5,17H,6-7,9-12H2,1H3. The number of nitrogens with one attached hydrogen (secondary N) is 1. The highest BCUT2D eigenvalue weighted by Gasteiger charge is 2.26. The van der Waals surface area contributed by atoms with Gasteiger partial charge in [-0.15, -0.1) is 0 Å². The van der Waals surface area contributed by atoms with E-state index in [1.807, 2.05) is 30.3 Å². The summed E-state index contributed by atoms with van der Waals surface area (Å²) in [6.07, 6.45) is 2.04. The molecule has 1 heterocycles. The maximum atomic E-state index is 8.59. The summed E-state index contributed by atoms with van der Waals surface area (Å²) in [5.74, 6) is 0.784. The molecule has 0 aromatic heterocycles. The highest BCUT2D eigenvalue weighted by molar-refractivity contribution is 5.33. The largest absolute Gasteiger partial charge is 0.478 e. The molecule has 1 aromatic carbocycles. The average Bonchev–Trinajstić information content (AvgIpc) is 2.45. The highest BCUT2D eigenvalue weighted by Crippen LogP contribution is 2.23. The van der Waals surface area contributed by atoms with E-state index in [0.717, 1.165) is 43.9 Å². The van der Waals surface area contributed by atoms with Crippen LogP contribution in [0.3, 0.4) is 0 Å². The first-order valence-corrected chi connectivity index (χ1v) is 6.64. The normalized spacial score (nSPS) is 17.7. The van der Waals surface area contributed by atoms with Crippen molar-refractivity contribution in [3.63, 3.8) is 0 Å². The van der Waals surface area contributed by atoms with Gasteiger partial charge in [-0.2, -0.15) is 5.26 Å². The van der Waals surface area contributed by atoms with Crippen LogP contribution in [-0.4, -0.2) is 25.4 Å². The number of para-hydroxylation sites is 1. The Hall–Kier alpha value is -1.57. The summed E-state index contributed by atoms with van der Waals surface area (Å²) in [5.41, 5.74) is 1.21. The van der Waals surface area contributed by atoms with Crippen LogP contribution in [0.1, 0.15) is 25.3 Å². The van der Waals surface area contributed by atoms with Crippen LogP contribution in [0.4, 0.5) is 0 Å². The second kappa shape index (κ2) is 6.55. The molecule has 0 saturated carbocycles. The van der Waals surface area contributed by atoms with Crippen molar-refractivity contribution in [2.45, 2.75) is 31.8 Å². The van der Waals surface area contributed by atoms with Crippen molar-refractivity contribution in [2.75, 3.05) is 19.8 Å². The third-order valence-corrected chi connectivity index (χ3v) is 3.57. The first-order chi connectivity index (χ1) is 9.23. The zero-order valence-electron chi connectivity index (χ0n) is 11.3. The Morgan fingerprint density at radius 2 is 2.11 bits per heavy atom. The van der Waals surface area contributed by atoms with Gasteiger partial charge in [-0.25, -0.2) is 0 Å². The van der Waals surface area contributed by atoms with Crippen molar-refractivity contribution in [1.82, 2.24) is 5.32 Å². The van der Waals surface area contributed by atoms with Crippen molar-refractivity contribution < 1.29 is 9.47 Å². The molecule has 0 unspecified atom stereocenters. The van der Waals surface area contributed by atoms with Gasteiger partial charge in [0.1, 0.15) is 11.8 Å². The topological polar surface area (TPSA) is 54.3 Å². The maximum absolute atomic E-state index is 8.59. The number of nitrogens with zero attached hydrogens (tertiary/aromatic N) is 1. The number of hydrogen-bond donors (Lipinski definition) is 1.